The van der Waals surface area contributed by atoms with Crippen molar-refractivity contribution in [1.29, 1.82) is 0 Å². The molecule has 0 amide bonds. The standard InChI is InChI=1S/C19H27NO/c1-14(2)13-19(10-6-7-11-19)18(20-3)17-12-15-8-4-5-9-16(15)21-17/h4-5,8-9,12,14,18,20H,6-7,10-11,13H2,1-3H3. The molecule has 1 fully saturated rings. The van der Waals surface area contributed by atoms with Gasteiger partial charge in [0.15, 0.2) is 0 Å². The van der Waals surface area contributed by atoms with Crippen molar-refractivity contribution >= 4 is 11.0 Å². The van der Waals surface area contributed by atoms with Crippen molar-refractivity contribution in [2.45, 2.75) is 52.0 Å². The second kappa shape index (κ2) is 5.84. The number of rotatable bonds is 5. The summed E-state index contributed by atoms with van der Waals surface area (Å²) in [6, 6.07) is 10.9. The zero-order valence-corrected chi connectivity index (χ0v) is 13.5. The Hall–Kier alpha value is -1.28. The smallest absolute Gasteiger partial charge is 0.134 e. The second-order valence-corrected chi connectivity index (χ2v) is 7.08. The molecule has 0 spiro atoms. The van der Waals surface area contributed by atoms with Gasteiger partial charge < -0.3 is 9.73 Å². The van der Waals surface area contributed by atoms with Gasteiger partial charge in [0, 0.05) is 5.39 Å². The highest BCUT2D eigenvalue weighted by atomic mass is 16.3. The van der Waals surface area contributed by atoms with E-state index in [2.05, 4.69) is 50.5 Å². The largest absolute Gasteiger partial charge is 0.459 e. The maximum atomic E-state index is 6.18. The first kappa shape index (κ1) is 14.6. The molecule has 2 heteroatoms. The molecule has 1 aromatic carbocycles. The Balaban J connectivity index is 1.98. The lowest BCUT2D eigenvalue weighted by atomic mass is 9.72. The van der Waals surface area contributed by atoms with Gasteiger partial charge in [-0.15, -0.1) is 0 Å². The summed E-state index contributed by atoms with van der Waals surface area (Å²) in [6.45, 7) is 4.68. The van der Waals surface area contributed by atoms with E-state index in [-0.39, 0.29) is 0 Å². The zero-order chi connectivity index (χ0) is 14.9. The highest BCUT2D eigenvalue weighted by Crippen LogP contribution is 2.52. The first-order chi connectivity index (χ1) is 10.1. The third-order valence-corrected chi connectivity index (χ3v) is 5.04. The van der Waals surface area contributed by atoms with Crippen molar-refractivity contribution in [1.82, 2.24) is 5.32 Å². The van der Waals surface area contributed by atoms with E-state index in [1.165, 1.54) is 37.5 Å². The molecule has 1 aliphatic carbocycles. The Morgan fingerprint density at radius 1 is 1.19 bits per heavy atom. The zero-order valence-electron chi connectivity index (χ0n) is 13.5. The van der Waals surface area contributed by atoms with Crippen LogP contribution in [0.15, 0.2) is 34.7 Å². The minimum atomic E-state index is 0.329. The fourth-order valence-corrected chi connectivity index (χ4v) is 4.40. The minimum absolute atomic E-state index is 0.329. The Morgan fingerprint density at radius 2 is 1.90 bits per heavy atom. The van der Waals surface area contributed by atoms with E-state index in [0.717, 1.165) is 17.3 Å². The first-order valence-corrected chi connectivity index (χ1v) is 8.30. The van der Waals surface area contributed by atoms with Crippen LogP contribution >= 0.6 is 0 Å². The quantitative estimate of drug-likeness (QED) is 0.806. The number of furan rings is 1. The minimum Gasteiger partial charge on any atom is -0.459 e. The van der Waals surface area contributed by atoms with Crippen LogP contribution in [-0.2, 0) is 0 Å². The summed E-state index contributed by atoms with van der Waals surface area (Å²) in [5.41, 5.74) is 1.36. The van der Waals surface area contributed by atoms with Gasteiger partial charge in [-0.1, -0.05) is 44.9 Å². The Morgan fingerprint density at radius 3 is 2.52 bits per heavy atom. The molecule has 1 heterocycles. The van der Waals surface area contributed by atoms with E-state index >= 15 is 0 Å². The maximum Gasteiger partial charge on any atom is 0.134 e. The fraction of sp³-hybridized carbons (Fsp3) is 0.579. The molecule has 0 radical (unpaired) electrons. The number of hydrogen-bond donors (Lipinski definition) is 1. The molecule has 1 aliphatic rings. The SMILES string of the molecule is CNC(c1cc2ccccc2o1)C1(CC(C)C)CCCC1. The summed E-state index contributed by atoms with van der Waals surface area (Å²) in [5.74, 6) is 1.84. The highest BCUT2D eigenvalue weighted by Gasteiger charge is 2.43. The van der Waals surface area contributed by atoms with Crippen LogP contribution in [0.1, 0.15) is 57.8 Å². The average molecular weight is 285 g/mol. The molecule has 1 unspecified atom stereocenters. The van der Waals surface area contributed by atoms with Gasteiger partial charge >= 0.3 is 0 Å². The van der Waals surface area contributed by atoms with Crippen molar-refractivity contribution in [2.75, 3.05) is 7.05 Å². The van der Waals surface area contributed by atoms with Crippen LogP contribution in [0, 0.1) is 11.3 Å². The van der Waals surface area contributed by atoms with E-state index < -0.39 is 0 Å². The summed E-state index contributed by atoms with van der Waals surface area (Å²) in [7, 11) is 2.08. The monoisotopic (exact) mass is 285 g/mol. The van der Waals surface area contributed by atoms with E-state index in [4.69, 9.17) is 4.42 Å². The summed E-state index contributed by atoms with van der Waals surface area (Å²) in [4.78, 5) is 0. The van der Waals surface area contributed by atoms with Gasteiger partial charge in [0.05, 0.1) is 6.04 Å². The molecule has 1 saturated carbocycles. The lowest BCUT2D eigenvalue weighted by molar-refractivity contribution is 0.146. The number of fused-ring (bicyclic) bond motifs is 1. The van der Waals surface area contributed by atoms with Crippen LogP contribution in [0.5, 0.6) is 0 Å². The Labute approximate surface area is 127 Å². The molecule has 1 atom stereocenters. The number of hydrogen-bond acceptors (Lipinski definition) is 2. The Bertz CT molecular complexity index is 559. The number of benzene rings is 1. The second-order valence-electron chi connectivity index (χ2n) is 7.08. The third kappa shape index (κ3) is 2.74. The number of nitrogens with one attached hydrogen (secondary N) is 1. The average Bonchev–Trinajstić information content (AvgIpc) is 3.06. The lowest BCUT2D eigenvalue weighted by Gasteiger charge is -2.38. The summed E-state index contributed by atoms with van der Waals surface area (Å²) in [5, 5.41) is 4.79. The summed E-state index contributed by atoms with van der Waals surface area (Å²) >= 11 is 0. The van der Waals surface area contributed by atoms with Crippen molar-refractivity contribution in [3.05, 3.63) is 36.1 Å². The van der Waals surface area contributed by atoms with Gasteiger partial charge in [-0.2, -0.15) is 0 Å². The van der Waals surface area contributed by atoms with Crippen LogP contribution in [-0.4, -0.2) is 7.05 Å². The molecule has 3 rings (SSSR count). The van der Waals surface area contributed by atoms with Crippen molar-refractivity contribution in [3.8, 4) is 0 Å². The molecule has 2 aromatic rings. The molecular formula is C19H27NO. The van der Waals surface area contributed by atoms with Crippen LogP contribution in [0.3, 0.4) is 0 Å². The fourth-order valence-electron chi connectivity index (χ4n) is 4.40. The van der Waals surface area contributed by atoms with Crippen molar-refractivity contribution in [3.63, 3.8) is 0 Å². The topological polar surface area (TPSA) is 25.2 Å². The van der Waals surface area contributed by atoms with Gasteiger partial charge in [0.1, 0.15) is 11.3 Å². The van der Waals surface area contributed by atoms with E-state index in [0.29, 0.717) is 11.5 Å². The van der Waals surface area contributed by atoms with Crippen LogP contribution in [0.4, 0.5) is 0 Å². The van der Waals surface area contributed by atoms with Crippen LogP contribution in [0.25, 0.3) is 11.0 Å². The highest BCUT2D eigenvalue weighted by molar-refractivity contribution is 5.77. The van der Waals surface area contributed by atoms with Crippen molar-refractivity contribution < 1.29 is 4.42 Å². The summed E-state index contributed by atoms with van der Waals surface area (Å²) in [6.07, 6.45) is 6.60. The third-order valence-electron chi connectivity index (χ3n) is 5.04. The molecular weight excluding hydrogens is 258 g/mol. The summed E-state index contributed by atoms with van der Waals surface area (Å²) < 4.78 is 6.18. The Kier molecular flexibility index (Phi) is 4.08. The molecule has 2 nitrogen and oxygen atoms in total. The van der Waals surface area contributed by atoms with Gasteiger partial charge in [-0.3, -0.25) is 0 Å². The molecule has 1 N–H and O–H groups in total. The number of para-hydroxylation sites is 1. The molecule has 114 valence electrons. The molecule has 0 bridgehead atoms. The molecule has 1 aromatic heterocycles. The normalized spacial score (nSPS) is 19.4. The van der Waals surface area contributed by atoms with Crippen LogP contribution in [0.2, 0.25) is 0 Å². The van der Waals surface area contributed by atoms with Gasteiger partial charge in [0.2, 0.25) is 0 Å². The van der Waals surface area contributed by atoms with Gasteiger partial charge in [0.25, 0.3) is 0 Å². The van der Waals surface area contributed by atoms with Crippen LogP contribution < -0.4 is 5.32 Å². The maximum absolute atomic E-state index is 6.18. The molecule has 0 aliphatic heterocycles. The van der Waals surface area contributed by atoms with Gasteiger partial charge in [-0.25, -0.2) is 0 Å². The lowest BCUT2D eigenvalue weighted by Crippen LogP contribution is -2.35. The first-order valence-electron chi connectivity index (χ1n) is 8.30. The predicted octanol–water partition coefficient (Wildman–Crippen LogP) is 5.30. The predicted molar refractivity (Wildman–Crippen MR) is 88.4 cm³/mol. The van der Waals surface area contributed by atoms with E-state index in [9.17, 15) is 0 Å². The van der Waals surface area contributed by atoms with E-state index in [1.807, 2.05) is 6.07 Å². The molecule has 0 saturated heterocycles. The van der Waals surface area contributed by atoms with E-state index in [1.54, 1.807) is 0 Å². The molecule has 21 heavy (non-hydrogen) atoms. The van der Waals surface area contributed by atoms with Gasteiger partial charge in [-0.05, 0) is 49.8 Å². The van der Waals surface area contributed by atoms with Crippen molar-refractivity contribution in [2.24, 2.45) is 11.3 Å².